The van der Waals surface area contributed by atoms with Crippen molar-refractivity contribution in [3.05, 3.63) is 60.3 Å². The fourth-order valence-electron chi connectivity index (χ4n) is 3.18. The highest BCUT2D eigenvalue weighted by atomic mass is 16.5. The molecular formula is C19H19N5O. The summed E-state index contributed by atoms with van der Waals surface area (Å²) >= 11 is 0. The third kappa shape index (κ3) is 2.98. The van der Waals surface area contributed by atoms with Crippen molar-refractivity contribution in [2.75, 3.05) is 17.3 Å². The molecule has 0 bridgehead atoms. The first kappa shape index (κ1) is 15.4. The van der Waals surface area contributed by atoms with E-state index < -0.39 is 0 Å². The van der Waals surface area contributed by atoms with Crippen molar-refractivity contribution in [3.63, 3.8) is 0 Å². The number of aromatic nitrogens is 3. The number of rotatable bonds is 4. The molecule has 4 rings (SSSR count). The van der Waals surface area contributed by atoms with Gasteiger partial charge in [0.1, 0.15) is 5.75 Å². The van der Waals surface area contributed by atoms with Gasteiger partial charge in [0, 0.05) is 23.5 Å². The molecule has 0 saturated carbocycles. The summed E-state index contributed by atoms with van der Waals surface area (Å²) in [5.41, 5.74) is 3.35. The average molecular weight is 333 g/mol. The number of hydrogen-bond donors (Lipinski definition) is 1. The third-order valence-electron chi connectivity index (χ3n) is 4.31. The molecule has 0 spiro atoms. The Hall–Kier alpha value is -3.15. The lowest BCUT2D eigenvalue weighted by atomic mass is 10.1. The molecule has 0 amide bonds. The molecule has 0 radical (unpaired) electrons. The van der Waals surface area contributed by atoms with Crippen LogP contribution < -0.4 is 15.0 Å². The van der Waals surface area contributed by atoms with Gasteiger partial charge >= 0.3 is 0 Å². The molecule has 0 aliphatic carbocycles. The number of anilines is 4. The number of nitrogens with one attached hydrogen (secondary N) is 1. The molecule has 2 heterocycles. The molecule has 1 aromatic heterocycles. The molecule has 2 aromatic carbocycles. The monoisotopic (exact) mass is 333 g/mol. The summed E-state index contributed by atoms with van der Waals surface area (Å²) in [5.74, 6) is 2.04. The maximum absolute atomic E-state index is 5.25. The zero-order valence-corrected chi connectivity index (χ0v) is 14.2. The Morgan fingerprint density at radius 3 is 2.92 bits per heavy atom. The highest BCUT2D eigenvalue weighted by Gasteiger charge is 2.29. The predicted molar refractivity (Wildman–Crippen MR) is 97.9 cm³/mol. The van der Waals surface area contributed by atoms with Gasteiger partial charge in [-0.1, -0.05) is 24.3 Å². The smallest absolute Gasteiger partial charge is 0.252 e. The van der Waals surface area contributed by atoms with E-state index in [1.165, 1.54) is 5.56 Å². The first-order valence-electron chi connectivity index (χ1n) is 8.22. The largest absolute Gasteiger partial charge is 0.497 e. The highest BCUT2D eigenvalue weighted by Crippen LogP contribution is 2.36. The van der Waals surface area contributed by atoms with Crippen LogP contribution >= 0.6 is 0 Å². The van der Waals surface area contributed by atoms with E-state index in [9.17, 15) is 0 Å². The van der Waals surface area contributed by atoms with E-state index in [0.717, 1.165) is 23.5 Å². The summed E-state index contributed by atoms with van der Waals surface area (Å²) < 4.78 is 5.25. The minimum absolute atomic E-state index is 0.297. The van der Waals surface area contributed by atoms with Crippen molar-refractivity contribution in [2.24, 2.45) is 0 Å². The standard InChI is InChI=1S/C19H19N5O/c1-13-10-14-6-3-4-9-17(14)24(13)19-22-18(12-20-23-19)21-15-7-5-8-16(11-15)25-2/h3-9,11-13H,10H2,1-2H3,(H,21,22,23). The lowest BCUT2D eigenvalue weighted by molar-refractivity contribution is 0.415. The van der Waals surface area contributed by atoms with Crippen LogP contribution in [0.2, 0.25) is 0 Å². The quantitative estimate of drug-likeness (QED) is 0.785. The maximum atomic E-state index is 5.25. The fourth-order valence-corrected chi connectivity index (χ4v) is 3.18. The van der Waals surface area contributed by atoms with Gasteiger partial charge in [-0.25, -0.2) is 0 Å². The number of para-hydroxylation sites is 1. The van der Waals surface area contributed by atoms with Crippen molar-refractivity contribution in [1.82, 2.24) is 15.2 Å². The molecule has 1 aliphatic rings. The zero-order valence-electron chi connectivity index (χ0n) is 14.2. The topological polar surface area (TPSA) is 63.2 Å². The average Bonchev–Trinajstić information content (AvgIpc) is 2.98. The normalized spacial score (nSPS) is 15.8. The number of hydrogen-bond acceptors (Lipinski definition) is 6. The molecule has 126 valence electrons. The van der Waals surface area contributed by atoms with Crippen LogP contribution in [-0.4, -0.2) is 28.3 Å². The predicted octanol–water partition coefficient (Wildman–Crippen LogP) is 3.71. The minimum atomic E-state index is 0.297. The number of benzene rings is 2. The lowest BCUT2D eigenvalue weighted by Crippen LogP contribution is -2.26. The van der Waals surface area contributed by atoms with Crippen LogP contribution in [0.1, 0.15) is 12.5 Å². The number of ether oxygens (including phenoxy) is 1. The highest BCUT2D eigenvalue weighted by molar-refractivity contribution is 5.68. The molecular weight excluding hydrogens is 314 g/mol. The van der Waals surface area contributed by atoms with Crippen LogP contribution in [-0.2, 0) is 6.42 Å². The Morgan fingerprint density at radius 1 is 1.16 bits per heavy atom. The SMILES string of the molecule is COc1cccc(Nc2cnnc(N3c4ccccc4CC3C)n2)c1. The van der Waals surface area contributed by atoms with E-state index in [2.05, 4.69) is 50.5 Å². The Balaban J connectivity index is 1.64. The van der Waals surface area contributed by atoms with Crippen LogP contribution in [0, 0.1) is 0 Å². The van der Waals surface area contributed by atoms with Gasteiger partial charge < -0.3 is 15.0 Å². The molecule has 1 aliphatic heterocycles. The van der Waals surface area contributed by atoms with Crippen LogP contribution in [0.15, 0.2) is 54.7 Å². The van der Waals surface area contributed by atoms with E-state index in [1.807, 2.05) is 30.3 Å². The maximum Gasteiger partial charge on any atom is 0.252 e. The zero-order chi connectivity index (χ0) is 17.2. The Labute approximate surface area is 146 Å². The first-order chi connectivity index (χ1) is 12.2. The van der Waals surface area contributed by atoms with Gasteiger partial charge in [-0.2, -0.15) is 10.1 Å². The van der Waals surface area contributed by atoms with Gasteiger partial charge in [-0.3, -0.25) is 0 Å². The number of fused-ring (bicyclic) bond motifs is 1. The Morgan fingerprint density at radius 2 is 2.04 bits per heavy atom. The van der Waals surface area contributed by atoms with Gasteiger partial charge in [-0.15, -0.1) is 5.10 Å². The molecule has 0 fully saturated rings. The second-order valence-electron chi connectivity index (χ2n) is 6.05. The Kier molecular flexibility index (Phi) is 3.93. The van der Waals surface area contributed by atoms with Gasteiger partial charge in [0.05, 0.1) is 13.3 Å². The van der Waals surface area contributed by atoms with Gasteiger partial charge in [0.2, 0.25) is 0 Å². The van der Waals surface area contributed by atoms with Gasteiger partial charge in [0.25, 0.3) is 5.95 Å². The Bertz CT molecular complexity index is 898. The summed E-state index contributed by atoms with van der Waals surface area (Å²) in [4.78, 5) is 6.79. The summed E-state index contributed by atoms with van der Waals surface area (Å²) in [6.07, 6.45) is 2.60. The summed E-state index contributed by atoms with van der Waals surface area (Å²) in [6.45, 7) is 2.17. The third-order valence-corrected chi connectivity index (χ3v) is 4.31. The van der Waals surface area contributed by atoms with E-state index in [1.54, 1.807) is 13.3 Å². The lowest BCUT2D eigenvalue weighted by Gasteiger charge is -2.22. The molecule has 0 saturated heterocycles. The van der Waals surface area contributed by atoms with Crippen molar-refractivity contribution in [2.45, 2.75) is 19.4 Å². The van der Waals surface area contributed by atoms with Crippen molar-refractivity contribution in [1.29, 1.82) is 0 Å². The van der Waals surface area contributed by atoms with Gasteiger partial charge in [0.15, 0.2) is 5.82 Å². The fraction of sp³-hybridized carbons (Fsp3) is 0.211. The molecule has 1 N–H and O–H groups in total. The van der Waals surface area contributed by atoms with Crippen molar-refractivity contribution in [3.8, 4) is 5.75 Å². The summed E-state index contributed by atoms with van der Waals surface area (Å²) in [7, 11) is 1.65. The van der Waals surface area contributed by atoms with E-state index >= 15 is 0 Å². The van der Waals surface area contributed by atoms with Crippen LogP contribution in [0.5, 0.6) is 5.75 Å². The second-order valence-corrected chi connectivity index (χ2v) is 6.05. The van der Waals surface area contributed by atoms with E-state index in [0.29, 0.717) is 17.8 Å². The molecule has 6 nitrogen and oxygen atoms in total. The second kappa shape index (κ2) is 6.39. The van der Waals surface area contributed by atoms with Crippen LogP contribution in [0.4, 0.5) is 23.1 Å². The molecule has 6 heteroatoms. The van der Waals surface area contributed by atoms with Crippen molar-refractivity contribution >= 4 is 23.1 Å². The van der Waals surface area contributed by atoms with Crippen molar-refractivity contribution < 1.29 is 4.74 Å². The summed E-state index contributed by atoms with van der Waals surface area (Å²) in [6, 6.07) is 16.3. The first-order valence-corrected chi connectivity index (χ1v) is 8.22. The molecule has 3 aromatic rings. The molecule has 1 atom stereocenters. The minimum Gasteiger partial charge on any atom is -0.497 e. The molecule has 1 unspecified atom stereocenters. The number of methoxy groups -OCH3 is 1. The van der Waals surface area contributed by atoms with E-state index in [-0.39, 0.29) is 0 Å². The van der Waals surface area contributed by atoms with Crippen LogP contribution in [0.3, 0.4) is 0 Å². The summed E-state index contributed by atoms with van der Waals surface area (Å²) in [5, 5.41) is 11.6. The van der Waals surface area contributed by atoms with Crippen LogP contribution in [0.25, 0.3) is 0 Å². The van der Waals surface area contributed by atoms with Gasteiger partial charge in [-0.05, 0) is 37.1 Å². The number of nitrogens with zero attached hydrogens (tertiary/aromatic N) is 4. The van der Waals surface area contributed by atoms with E-state index in [4.69, 9.17) is 4.74 Å². The molecule has 25 heavy (non-hydrogen) atoms.